The van der Waals surface area contributed by atoms with Gasteiger partial charge in [-0.05, 0) is 42.8 Å². The molecule has 5 heteroatoms. The fourth-order valence-electron chi connectivity index (χ4n) is 1.78. The first-order chi connectivity index (χ1) is 9.47. The first kappa shape index (κ1) is 15.2. The fraction of sp³-hybridized carbons (Fsp3) is 0.133. The Morgan fingerprint density at radius 1 is 1.10 bits per heavy atom. The number of halogens is 3. The highest BCUT2D eigenvalue weighted by Gasteiger charge is 2.15. The molecule has 2 nitrogen and oxygen atoms in total. The van der Waals surface area contributed by atoms with Crippen LogP contribution in [0.3, 0.4) is 0 Å². The Bertz CT molecular complexity index is 628. The van der Waals surface area contributed by atoms with E-state index in [2.05, 4.69) is 37.2 Å². The third kappa shape index (κ3) is 3.67. The molecule has 0 aliphatic rings. The number of carbonyl (C=O) groups is 1. The smallest absolute Gasteiger partial charge is 0.254 e. The first-order valence-electron chi connectivity index (χ1n) is 5.99. The summed E-state index contributed by atoms with van der Waals surface area (Å²) in [7, 11) is 0. The van der Waals surface area contributed by atoms with E-state index in [1.165, 1.54) is 12.1 Å². The zero-order chi connectivity index (χ0) is 14.7. The zero-order valence-electron chi connectivity index (χ0n) is 10.7. The molecule has 104 valence electrons. The summed E-state index contributed by atoms with van der Waals surface area (Å²) in [5.74, 6) is -0.967. The van der Waals surface area contributed by atoms with Gasteiger partial charge in [0.05, 0.1) is 11.6 Å². The van der Waals surface area contributed by atoms with E-state index in [9.17, 15) is 9.18 Å². The van der Waals surface area contributed by atoms with E-state index in [4.69, 9.17) is 0 Å². The topological polar surface area (TPSA) is 29.1 Å². The Labute approximate surface area is 133 Å². The zero-order valence-corrected chi connectivity index (χ0v) is 13.8. The Kier molecular flexibility index (Phi) is 4.94. The lowest BCUT2D eigenvalue weighted by atomic mass is 10.1. The second-order valence-corrected chi connectivity index (χ2v) is 6.20. The van der Waals surface area contributed by atoms with Crippen LogP contribution in [0.2, 0.25) is 0 Å². The van der Waals surface area contributed by atoms with E-state index in [1.54, 1.807) is 6.07 Å². The Morgan fingerprint density at radius 3 is 2.30 bits per heavy atom. The number of nitrogens with one attached hydrogen (secondary N) is 1. The van der Waals surface area contributed by atoms with Gasteiger partial charge in [0.2, 0.25) is 0 Å². The third-order valence-corrected chi connectivity index (χ3v) is 3.92. The number of benzene rings is 2. The maximum absolute atomic E-state index is 13.7. The van der Waals surface area contributed by atoms with Crippen molar-refractivity contribution in [3.8, 4) is 0 Å². The number of carbonyl (C=O) groups excluding carboxylic acids is 1. The summed E-state index contributed by atoms with van der Waals surface area (Å²) in [4.78, 5) is 12.1. The molecule has 2 rings (SSSR count). The Morgan fingerprint density at radius 2 is 1.70 bits per heavy atom. The molecule has 0 aliphatic carbocycles. The molecule has 0 spiro atoms. The minimum atomic E-state index is -0.542. The standard InChI is InChI=1S/C15H12Br2FNO/c1-9(10-2-4-11(16)5-3-10)19-15(20)13-7-6-12(17)8-14(13)18/h2-9H,1H3,(H,19,20)/t9-/m0/s1. The predicted octanol–water partition coefficient (Wildman–Crippen LogP) is 4.84. The molecule has 20 heavy (non-hydrogen) atoms. The molecule has 0 saturated heterocycles. The lowest BCUT2D eigenvalue weighted by Gasteiger charge is -2.15. The van der Waals surface area contributed by atoms with Crippen molar-refractivity contribution >= 4 is 37.8 Å². The van der Waals surface area contributed by atoms with Gasteiger partial charge in [0.15, 0.2) is 0 Å². The van der Waals surface area contributed by atoms with Gasteiger partial charge < -0.3 is 5.32 Å². The molecule has 0 aromatic heterocycles. The van der Waals surface area contributed by atoms with Crippen LogP contribution in [0, 0.1) is 5.82 Å². The largest absolute Gasteiger partial charge is 0.345 e. The fourth-order valence-corrected chi connectivity index (χ4v) is 2.38. The van der Waals surface area contributed by atoms with Crippen molar-refractivity contribution in [3.63, 3.8) is 0 Å². The van der Waals surface area contributed by atoms with Crippen molar-refractivity contribution in [2.24, 2.45) is 0 Å². The molecule has 0 heterocycles. The summed E-state index contributed by atoms with van der Waals surface area (Å²) in [6.07, 6.45) is 0. The molecule has 0 fully saturated rings. The van der Waals surface area contributed by atoms with Gasteiger partial charge in [0, 0.05) is 8.95 Å². The average molecular weight is 401 g/mol. The minimum Gasteiger partial charge on any atom is -0.345 e. The van der Waals surface area contributed by atoms with Crippen LogP contribution in [0.1, 0.15) is 28.9 Å². The van der Waals surface area contributed by atoms with Gasteiger partial charge in [-0.3, -0.25) is 4.79 Å². The molecule has 1 atom stereocenters. The van der Waals surface area contributed by atoms with Crippen molar-refractivity contribution in [3.05, 3.63) is 68.4 Å². The van der Waals surface area contributed by atoms with Crippen LogP contribution < -0.4 is 5.32 Å². The van der Waals surface area contributed by atoms with Crippen LogP contribution >= 0.6 is 31.9 Å². The average Bonchev–Trinajstić information content (AvgIpc) is 2.39. The summed E-state index contributed by atoms with van der Waals surface area (Å²) in [5.41, 5.74) is 0.997. The molecule has 2 aromatic carbocycles. The maximum Gasteiger partial charge on any atom is 0.254 e. The highest BCUT2D eigenvalue weighted by molar-refractivity contribution is 9.10. The van der Waals surface area contributed by atoms with E-state index in [-0.39, 0.29) is 11.6 Å². The molecule has 0 bridgehead atoms. The molecular formula is C15H12Br2FNO. The van der Waals surface area contributed by atoms with Gasteiger partial charge in [-0.15, -0.1) is 0 Å². The second-order valence-electron chi connectivity index (χ2n) is 4.37. The van der Waals surface area contributed by atoms with Gasteiger partial charge in [0.25, 0.3) is 5.91 Å². The quantitative estimate of drug-likeness (QED) is 0.784. The lowest BCUT2D eigenvalue weighted by molar-refractivity contribution is 0.0936. The van der Waals surface area contributed by atoms with Gasteiger partial charge in [-0.1, -0.05) is 44.0 Å². The van der Waals surface area contributed by atoms with Gasteiger partial charge in [-0.25, -0.2) is 4.39 Å². The van der Waals surface area contributed by atoms with Crippen molar-refractivity contribution in [1.29, 1.82) is 0 Å². The normalized spacial score (nSPS) is 12.0. The molecule has 0 unspecified atom stereocenters. The van der Waals surface area contributed by atoms with Crippen LogP contribution in [-0.2, 0) is 0 Å². The van der Waals surface area contributed by atoms with E-state index in [0.29, 0.717) is 4.47 Å². The van der Waals surface area contributed by atoms with Crippen molar-refractivity contribution < 1.29 is 9.18 Å². The summed E-state index contributed by atoms with van der Waals surface area (Å²) >= 11 is 6.52. The van der Waals surface area contributed by atoms with Crippen LogP contribution in [0.15, 0.2) is 51.4 Å². The minimum absolute atomic E-state index is 0.0390. The highest BCUT2D eigenvalue weighted by atomic mass is 79.9. The van der Waals surface area contributed by atoms with E-state index >= 15 is 0 Å². The van der Waals surface area contributed by atoms with Gasteiger partial charge >= 0.3 is 0 Å². The van der Waals surface area contributed by atoms with Gasteiger partial charge in [-0.2, -0.15) is 0 Å². The predicted molar refractivity (Wildman–Crippen MR) is 84.1 cm³/mol. The Hall–Kier alpha value is -1.20. The van der Waals surface area contributed by atoms with E-state index in [1.807, 2.05) is 31.2 Å². The second kappa shape index (κ2) is 6.50. The van der Waals surface area contributed by atoms with Crippen LogP contribution in [0.25, 0.3) is 0 Å². The molecule has 1 N–H and O–H groups in total. The molecule has 0 aliphatic heterocycles. The van der Waals surface area contributed by atoms with Crippen molar-refractivity contribution in [2.45, 2.75) is 13.0 Å². The summed E-state index contributed by atoms with van der Waals surface area (Å²) in [6, 6.07) is 11.8. The summed E-state index contributed by atoms with van der Waals surface area (Å²) < 4.78 is 15.3. The lowest BCUT2D eigenvalue weighted by Crippen LogP contribution is -2.27. The number of hydrogen-bond donors (Lipinski definition) is 1. The Balaban J connectivity index is 2.13. The molecular weight excluding hydrogens is 389 g/mol. The van der Waals surface area contributed by atoms with E-state index < -0.39 is 11.7 Å². The molecule has 2 aromatic rings. The number of hydrogen-bond acceptors (Lipinski definition) is 1. The van der Waals surface area contributed by atoms with Crippen molar-refractivity contribution in [1.82, 2.24) is 5.32 Å². The number of rotatable bonds is 3. The first-order valence-corrected chi connectivity index (χ1v) is 7.57. The highest BCUT2D eigenvalue weighted by Crippen LogP contribution is 2.19. The molecule has 0 saturated carbocycles. The monoisotopic (exact) mass is 399 g/mol. The maximum atomic E-state index is 13.7. The summed E-state index contributed by atoms with van der Waals surface area (Å²) in [5, 5.41) is 2.78. The van der Waals surface area contributed by atoms with Crippen LogP contribution in [-0.4, -0.2) is 5.91 Å². The van der Waals surface area contributed by atoms with Gasteiger partial charge in [0.1, 0.15) is 5.82 Å². The number of amides is 1. The van der Waals surface area contributed by atoms with Crippen LogP contribution in [0.5, 0.6) is 0 Å². The molecule has 0 radical (unpaired) electrons. The van der Waals surface area contributed by atoms with E-state index in [0.717, 1.165) is 10.0 Å². The SMILES string of the molecule is C[C@H](NC(=O)c1ccc(Br)cc1F)c1ccc(Br)cc1. The summed E-state index contributed by atoms with van der Waals surface area (Å²) in [6.45, 7) is 1.86. The van der Waals surface area contributed by atoms with Crippen molar-refractivity contribution in [2.75, 3.05) is 0 Å². The molecule has 1 amide bonds. The van der Waals surface area contributed by atoms with Crippen LogP contribution in [0.4, 0.5) is 4.39 Å². The third-order valence-electron chi connectivity index (χ3n) is 2.89.